The van der Waals surface area contributed by atoms with Gasteiger partial charge in [0, 0.05) is 9.90 Å². The summed E-state index contributed by atoms with van der Waals surface area (Å²) in [4.78, 5) is 9.45. The van der Waals surface area contributed by atoms with E-state index < -0.39 is 0 Å². The van der Waals surface area contributed by atoms with Crippen molar-refractivity contribution >= 4 is 45.8 Å². The van der Waals surface area contributed by atoms with Crippen molar-refractivity contribution in [3.63, 3.8) is 0 Å². The maximum absolute atomic E-state index is 5.87. The molecular formula is C12H7ClN2S2. The Hall–Kier alpha value is -1.10. The fourth-order valence-electron chi connectivity index (χ4n) is 1.60. The van der Waals surface area contributed by atoms with E-state index in [0.29, 0.717) is 0 Å². The first-order valence-corrected chi connectivity index (χ1v) is 6.57. The number of rotatable bonds is 1. The van der Waals surface area contributed by atoms with Crippen molar-refractivity contribution in [2.45, 2.75) is 5.03 Å². The Morgan fingerprint density at radius 1 is 1.12 bits per heavy atom. The number of fused-ring (bicyclic) bond motifs is 1. The smallest absolute Gasteiger partial charge is 0.117 e. The van der Waals surface area contributed by atoms with Crippen LogP contribution in [0.4, 0.5) is 0 Å². The lowest BCUT2D eigenvalue weighted by Gasteiger charge is -1.95. The molecule has 0 atom stereocenters. The summed E-state index contributed by atoms with van der Waals surface area (Å²) in [5, 5.41) is 1.46. The molecule has 0 N–H and O–H groups in total. The topological polar surface area (TPSA) is 25.8 Å². The van der Waals surface area contributed by atoms with Crippen LogP contribution in [0, 0.1) is 0 Å². The van der Waals surface area contributed by atoms with Crippen LogP contribution in [0.2, 0.25) is 5.02 Å². The van der Waals surface area contributed by atoms with Crippen molar-refractivity contribution in [2.24, 2.45) is 0 Å². The Morgan fingerprint density at radius 3 is 2.59 bits per heavy atom. The SMILES string of the molecule is Sc1ncnc2cc(-c3ccc(Cl)cc3)sc12. The molecular weight excluding hydrogens is 272 g/mol. The first kappa shape index (κ1) is 11.0. The number of nitrogens with zero attached hydrogens (tertiary/aromatic N) is 2. The molecule has 0 amide bonds. The Balaban J connectivity index is 2.18. The number of halogens is 1. The zero-order valence-electron chi connectivity index (χ0n) is 8.59. The second-order valence-corrected chi connectivity index (χ2v) is 5.44. The Bertz CT molecular complexity index is 677. The largest absolute Gasteiger partial charge is 0.235 e. The molecule has 0 aliphatic carbocycles. The van der Waals surface area contributed by atoms with Gasteiger partial charge in [-0.05, 0) is 23.8 Å². The van der Waals surface area contributed by atoms with Gasteiger partial charge >= 0.3 is 0 Å². The van der Waals surface area contributed by atoms with E-state index in [1.807, 2.05) is 30.3 Å². The molecule has 0 unspecified atom stereocenters. The first-order valence-electron chi connectivity index (χ1n) is 4.93. The van der Waals surface area contributed by atoms with Crippen LogP contribution in [0.3, 0.4) is 0 Å². The lowest BCUT2D eigenvalue weighted by Crippen LogP contribution is -1.77. The third-order valence-corrected chi connectivity index (χ3v) is 4.34. The zero-order chi connectivity index (χ0) is 11.8. The second-order valence-electron chi connectivity index (χ2n) is 3.53. The summed E-state index contributed by atoms with van der Waals surface area (Å²) in [7, 11) is 0. The van der Waals surface area contributed by atoms with Crippen LogP contribution in [0.5, 0.6) is 0 Å². The number of aromatic nitrogens is 2. The zero-order valence-corrected chi connectivity index (χ0v) is 11.1. The summed E-state index contributed by atoms with van der Waals surface area (Å²) in [6.07, 6.45) is 1.53. The van der Waals surface area contributed by atoms with Crippen molar-refractivity contribution < 1.29 is 0 Å². The summed E-state index contributed by atoms with van der Waals surface area (Å²) in [6.45, 7) is 0. The van der Waals surface area contributed by atoms with E-state index in [1.165, 1.54) is 6.33 Å². The summed E-state index contributed by atoms with van der Waals surface area (Å²) in [5.41, 5.74) is 2.06. The molecule has 0 spiro atoms. The highest BCUT2D eigenvalue weighted by Crippen LogP contribution is 2.34. The molecule has 0 bridgehead atoms. The normalized spacial score (nSPS) is 10.9. The van der Waals surface area contributed by atoms with Crippen molar-refractivity contribution in [3.8, 4) is 10.4 Å². The number of hydrogen-bond donors (Lipinski definition) is 1. The number of benzene rings is 1. The minimum Gasteiger partial charge on any atom is -0.235 e. The molecule has 2 nitrogen and oxygen atoms in total. The van der Waals surface area contributed by atoms with Crippen LogP contribution in [-0.4, -0.2) is 9.97 Å². The molecule has 5 heteroatoms. The molecule has 1 aromatic carbocycles. The first-order chi connectivity index (χ1) is 8.24. The van der Waals surface area contributed by atoms with Crippen LogP contribution < -0.4 is 0 Å². The minimum absolute atomic E-state index is 0.722. The Labute approximate surface area is 113 Å². The number of thiol groups is 1. The van der Waals surface area contributed by atoms with E-state index in [1.54, 1.807) is 11.3 Å². The molecule has 3 aromatic rings. The average Bonchev–Trinajstić information content (AvgIpc) is 2.75. The van der Waals surface area contributed by atoms with Gasteiger partial charge < -0.3 is 0 Å². The van der Waals surface area contributed by atoms with Gasteiger partial charge in [-0.25, -0.2) is 9.97 Å². The van der Waals surface area contributed by atoms with E-state index in [2.05, 4.69) is 22.6 Å². The molecule has 0 fully saturated rings. The standard InChI is InChI=1S/C12H7ClN2S2/c13-8-3-1-7(2-4-8)10-5-9-11(17-10)12(16)15-6-14-9/h1-6H,(H,14,15,16). The van der Waals surface area contributed by atoms with Gasteiger partial charge in [0.05, 0.1) is 10.2 Å². The third-order valence-electron chi connectivity index (χ3n) is 2.42. The van der Waals surface area contributed by atoms with Crippen LogP contribution in [0.25, 0.3) is 20.7 Å². The van der Waals surface area contributed by atoms with Gasteiger partial charge in [0.1, 0.15) is 11.4 Å². The van der Waals surface area contributed by atoms with Crippen LogP contribution in [-0.2, 0) is 0 Å². The Morgan fingerprint density at radius 2 is 1.88 bits per heavy atom. The molecule has 0 radical (unpaired) electrons. The van der Waals surface area contributed by atoms with Crippen LogP contribution in [0.1, 0.15) is 0 Å². The summed E-state index contributed by atoms with van der Waals surface area (Å²) < 4.78 is 1.01. The van der Waals surface area contributed by atoms with Gasteiger partial charge in [-0.15, -0.1) is 24.0 Å². The van der Waals surface area contributed by atoms with Crippen molar-refractivity contribution in [1.82, 2.24) is 9.97 Å². The quantitative estimate of drug-likeness (QED) is 0.530. The maximum atomic E-state index is 5.87. The molecule has 0 aliphatic rings. The fraction of sp³-hybridized carbons (Fsp3) is 0. The fourth-order valence-corrected chi connectivity index (χ4v) is 3.03. The summed E-state index contributed by atoms with van der Waals surface area (Å²) >= 11 is 11.8. The van der Waals surface area contributed by atoms with E-state index >= 15 is 0 Å². The molecule has 2 heterocycles. The highest BCUT2D eigenvalue weighted by molar-refractivity contribution is 7.80. The molecule has 17 heavy (non-hydrogen) atoms. The second kappa shape index (κ2) is 4.29. The minimum atomic E-state index is 0.722. The Kier molecular flexibility index (Phi) is 2.78. The van der Waals surface area contributed by atoms with Gasteiger partial charge in [0.25, 0.3) is 0 Å². The number of thiophene rings is 1. The van der Waals surface area contributed by atoms with E-state index in [-0.39, 0.29) is 0 Å². The predicted octanol–water partition coefficient (Wildman–Crippen LogP) is 4.30. The summed E-state index contributed by atoms with van der Waals surface area (Å²) in [6, 6.07) is 9.81. The van der Waals surface area contributed by atoms with Gasteiger partial charge in [-0.1, -0.05) is 23.7 Å². The molecule has 84 valence electrons. The molecule has 0 aliphatic heterocycles. The van der Waals surface area contributed by atoms with Gasteiger partial charge in [0.15, 0.2) is 0 Å². The van der Waals surface area contributed by atoms with Gasteiger partial charge in [0.2, 0.25) is 0 Å². The van der Waals surface area contributed by atoms with Gasteiger partial charge in [-0.2, -0.15) is 0 Å². The van der Waals surface area contributed by atoms with E-state index in [0.717, 1.165) is 30.7 Å². The molecule has 3 rings (SSSR count). The highest BCUT2D eigenvalue weighted by atomic mass is 35.5. The lowest BCUT2D eigenvalue weighted by atomic mass is 10.2. The van der Waals surface area contributed by atoms with Crippen molar-refractivity contribution in [2.75, 3.05) is 0 Å². The number of hydrogen-bond acceptors (Lipinski definition) is 4. The van der Waals surface area contributed by atoms with Gasteiger partial charge in [-0.3, -0.25) is 0 Å². The van der Waals surface area contributed by atoms with Crippen LogP contribution in [0.15, 0.2) is 41.7 Å². The van der Waals surface area contributed by atoms with Crippen molar-refractivity contribution in [3.05, 3.63) is 41.7 Å². The van der Waals surface area contributed by atoms with Crippen LogP contribution >= 0.6 is 35.6 Å². The van der Waals surface area contributed by atoms with E-state index in [4.69, 9.17) is 11.6 Å². The summed E-state index contributed by atoms with van der Waals surface area (Å²) in [5.74, 6) is 0. The molecule has 0 saturated heterocycles. The average molecular weight is 279 g/mol. The van der Waals surface area contributed by atoms with E-state index in [9.17, 15) is 0 Å². The maximum Gasteiger partial charge on any atom is 0.117 e. The highest BCUT2D eigenvalue weighted by Gasteiger charge is 2.07. The lowest BCUT2D eigenvalue weighted by molar-refractivity contribution is 1.12. The molecule has 0 saturated carbocycles. The predicted molar refractivity (Wildman–Crippen MR) is 75.1 cm³/mol. The van der Waals surface area contributed by atoms with Crippen molar-refractivity contribution in [1.29, 1.82) is 0 Å². The monoisotopic (exact) mass is 278 g/mol. The third kappa shape index (κ3) is 2.04. The molecule has 2 aromatic heterocycles.